The van der Waals surface area contributed by atoms with Crippen LogP contribution in [-0.4, -0.2) is 20.7 Å². The van der Waals surface area contributed by atoms with Crippen molar-refractivity contribution >= 4 is 22.4 Å². The number of nitrogens with one attached hydrogen (secondary N) is 1. The molecule has 2 aromatic heterocycles. The molecule has 0 aliphatic heterocycles. The Balaban J connectivity index is 1.65. The van der Waals surface area contributed by atoms with Gasteiger partial charge in [-0.15, -0.1) is 11.3 Å². The lowest BCUT2D eigenvalue weighted by Gasteiger charge is -2.10. The van der Waals surface area contributed by atoms with Crippen molar-refractivity contribution < 1.29 is 13.9 Å². The van der Waals surface area contributed by atoms with Crippen molar-refractivity contribution in [3.8, 4) is 11.5 Å². The van der Waals surface area contributed by atoms with Crippen LogP contribution in [0.4, 0.5) is 9.52 Å². The van der Waals surface area contributed by atoms with Gasteiger partial charge in [-0.1, -0.05) is 0 Å². The molecule has 1 atom stereocenters. The number of nitrogens with zero attached hydrogens (tertiary/aromatic N) is 3. The third-order valence-electron chi connectivity index (χ3n) is 3.25. The summed E-state index contributed by atoms with van der Waals surface area (Å²) in [6, 6.07) is 5.14. The van der Waals surface area contributed by atoms with E-state index < -0.39 is 6.04 Å². The zero-order valence-electron chi connectivity index (χ0n) is 13.1. The van der Waals surface area contributed by atoms with Crippen molar-refractivity contribution in [1.82, 2.24) is 14.8 Å². The van der Waals surface area contributed by atoms with Gasteiger partial charge in [0.1, 0.15) is 17.6 Å². The van der Waals surface area contributed by atoms with Crippen LogP contribution in [0.3, 0.4) is 0 Å². The first-order valence-corrected chi connectivity index (χ1v) is 8.10. The second-order valence-electron chi connectivity index (χ2n) is 5.17. The molecule has 0 bridgehead atoms. The summed E-state index contributed by atoms with van der Waals surface area (Å²) in [6.07, 6.45) is 3.11. The lowest BCUT2D eigenvalue weighted by molar-refractivity contribution is -0.119. The highest BCUT2D eigenvalue weighted by Crippen LogP contribution is 2.23. The van der Waals surface area contributed by atoms with Crippen LogP contribution in [0.5, 0.6) is 11.5 Å². The minimum absolute atomic E-state index is 0.221. The summed E-state index contributed by atoms with van der Waals surface area (Å²) in [6.45, 7) is 3.59. The van der Waals surface area contributed by atoms with Crippen molar-refractivity contribution in [3.63, 3.8) is 0 Å². The smallest absolute Gasteiger partial charge is 0.250 e. The molecule has 1 N–H and O–H groups in total. The van der Waals surface area contributed by atoms with Crippen LogP contribution in [-0.2, 0) is 4.79 Å². The first-order valence-electron chi connectivity index (χ1n) is 7.22. The number of aromatic nitrogens is 3. The monoisotopic (exact) mass is 346 g/mol. The molecule has 2 heterocycles. The Morgan fingerprint density at radius 3 is 2.75 bits per heavy atom. The van der Waals surface area contributed by atoms with Crippen LogP contribution >= 0.6 is 11.3 Å². The molecule has 6 nitrogen and oxygen atoms in total. The van der Waals surface area contributed by atoms with Crippen molar-refractivity contribution in [2.24, 2.45) is 0 Å². The van der Waals surface area contributed by atoms with Crippen LogP contribution in [0.25, 0.3) is 0 Å². The fourth-order valence-corrected chi connectivity index (χ4v) is 2.66. The molecule has 0 radical (unpaired) electrons. The number of carbonyl (C=O) groups excluding carboxylic acids is 1. The number of carbonyl (C=O) groups is 1. The van der Waals surface area contributed by atoms with Crippen molar-refractivity contribution in [3.05, 3.63) is 53.6 Å². The highest BCUT2D eigenvalue weighted by molar-refractivity contribution is 7.13. The van der Waals surface area contributed by atoms with E-state index in [1.54, 1.807) is 13.1 Å². The SMILES string of the molecule is Cc1csc(NC(=O)C(C)n2cc(Oc3ccc(F)cc3)cn2)n1. The molecule has 0 spiro atoms. The zero-order valence-corrected chi connectivity index (χ0v) is 13.9. The molecule has 24 heavy (non-hydrogen) atoms. The Morgan fingerprint density at radius 2 is 2.08 bits per heavy atom. The predicted octanol–water partition coefficient (Wildman–Crippen LogP) is 3.78. The van der Waals surface area contributed by atoms with Gasteiger partial charge in [-0.2, -0.15) is 5.10 Å². The quantitative estimate of drug-likeness (QED) is 0.763. The van der Waals surface area contributed by atoms with Gasteiger partial charge in [0.05, 0.1) is 18.1 Å². The van der Waals surface area contributed by atoms with Gasteiger partial charge in [0, 0.05) is 5.38 Å². The average Bonchev–Trinajstić information content (AvgIpc) is 3.18. The van der Waals surface area contributed by atoms with Gasteiger partial charge in [0.2, 0.25) is 0 Å². The van der Waals surface area contributed by atoms with E-state index in [0.29, 0.717) is 16.6 Å². The van der Waals surface area contributed by atoms with E-state index in [4.69, 9.17) is 4.74 Å². The molecule has 124 valence electrons. The van der Waals surface area contributed by atoms with E-state index in [2.05, 4.69) is 15.4 Å². The van der Waals surface area contributed by atoms with Crippen LogP contribution < -0.4 is 10.1 Å². The molecule has 1 aromatic carbocycles. The molecule has 0 fully saturated rings. The summed E-state index contributed by atoms with van der Waals surface area (Å²) in [7, 11) is 0. The van der Waals surface area contributed by atoms with Crippen molar-refractivity contribution in [2.75, 3.05) is 5.32 Å². The molecule has 0 aliphatic carbocycles. The minimum atomic E-state index is -0.528. The number of aryl methyl sites for hydroxylation is 1. The maximum Gasteiger partial charge on any atom is 0.250 e. The van der Waals surface area contributed by atoms with Crippen LogP contribution in [0, 0.1) is 12.7 Å². The number of rotatable bonds is 5. The number of ether oxygens (including phenoxy) is 1. The summed E-state index contributed by atoms with van der Waals surface area (Å²) in [5.74, 6) is 0.402. The largest absolute Gasteiger partial charge is 0.454 e. The Morgan fingerprint density at radius 1 is 1.33 bits per heavy atom. The number of hydrogen-bond donors (Lipinski definition) is 1. The summed E-state index contributed by atoms with van der Waals surface area (Å²) in [4.78, 5) is 16.4. The van der Waals surface area contributed by atoms with E-state index in [0.717, 1.165) is 5.69 Å². The number of anilines is 1. The van der Waals surface area contributed by atoms with E-state index in [-0.39, 0.29) is 11.7 Å². The van der Waals surface area contributed by atoms with E-state index in [1.165, 1.54) is 46.5 Å². The zero-order chi connectivity index (χ0) is 17.1. The number of thiazole rings is 1. The Kier molecular flexibility index (Phi) is 4.57. The molecule has 0 saturated heterocycles. The summed E-state index contributed by atoms with van der Waals surface area (Å²) >= 11 is 1.37. The topological polar surface area (TPSA) is 69.0 Å². The van der Waals surface area contributed by atoms with Gasteiger partial charge in [-0.3, -0.25) is 9.48 Å². The lowest BCUT2D eigenvalue weighted by Crippen LogP contribution is -2.23. The lowest BCUT2D eigenvalue weighted by atomic mass is 10.3. The average molecular weight is 346 g/mol. The third-order valence-corrected chi connectivity index (χ3v) is 4.13. The highest BCUT2D eigenvalue weighted by atomic mass is 32.1. The summed E-state index contributed by atoms with van der Waals surface area (Å²) < 4.78 is 20.0. The highest BCUT2D eigenvalue weighted by Gasteiger charge is 2.17. The first-order chi connectivity index (χ1) is 11.5. The molecule has 1 unspecified atom stereocenters. The van der Waals surface area contributed by atoms with E-state index in [9.17, 15) is 9.18 Å². The molecule has 3 rings (SSSR count). The fourth-order valence-electron chi connectivity index (χ4n) is 1.97. The predicted molar refractivity (Wildman–Crippen MR) is 88.9 cm³/mol. The maximum absolute atomic E-state index is 12.9. The molecule has 3 aromatic rings. The molecule has 0 saturated carbocycles. The molecular formula is C16H15FN4O2S. The second kappa shape index (κ2) is 6.79. The Hall–Kier alpha value is -2.74. The van der Waals surface area contributed by atoms with E-state index >= 15 is 0 Å². The van der Waals surface area contributed by atoms with Crippen LogP contribution in [0.2, 0.25) is 0 Å². The number of amides is 1. The minimum Gasteiger partial charge on any atom is -0.454 e. The molecule has 8 heteroatoms. The van der Waals surface area contributed by atoms with Crippen molar-refractivity contribution in [2.45, 2.75) is 19.9 Å². The van der Waals surface area contributed by atoms with E-state index in [1.807, 2.05) is 12.3 Å². The van der Waals surface area contributed by atoms with Gasteiger partial charge < -0.3 is 10.1 Å². The van der Waals surface area contributed by atoms with Crippen LogP contribution in [0.15, 0.2) is 42.0 Å². The summed E-state index contributed by atoms with van der Waals surface area (Å²) in [5, 5.41) is 9.31. The first kappa shape index (κ1) is 16.1. The number of hydrogen-bond acceptors (Lipinski definition) is 5. The van der Waals surface area contributed by atoms with Gasteiger partial charge in [-0.25, -0.2) is 9.37 Å². The number of halogens is 1. The standard InChI is InChI=1S/C16H15FN4O2S/c1-10-9-24-16(19-10)20-15(22)11(2)21-8-14(7-18-21)23-13-5-3-12(17)4-6-13/h3-9,11H,1-2H3,(H,19,20,22). The normalized spacial score (nSPS) is 12.0. The van der Waals surface area contributed by atoms with Gasteiger partial charge >= 0.3 is 0 Å². The summed E-state index contributed by atoms with van der Waals surface area (Å²) in [5.41, 5.74) is 0.858. The van der Waals surface area contributed by atoms with Crippen LogP contribution in [0.1, 0.15) is 18.7 Å². The van der Waals surface area contributed by atoms with Gasteiger partial charge in [0.15, 0.2) is 10.9 Å². The van der Waals surface area contributed by atoms with Crippen molar-refractivity contribution in [1.29, 1.82) is 0 Å². The molecule has 0 aliphatic rings. The maximum atomic E-state index is 12.9. The third kappa shape index (κ3) is 3.77. The number of benzene rings is 1. The van der Waals surface area contributed by atoms with Gasteiger partial charge in [-0.05, 0) is 38.1 Å². The fraction of sp³-hybridized carbons (Fsp3) is 0.188. The Bertz CT molecular complexity index is 844. The Labute approximate surface area is 141 Å². The molecule has 1 amide bonds. The molecular weight excluding hydrogens is 331 g/mol. The van der Waals surface area contributed by atoms with Gasteiger partial charge in [0.25, 0.3) is 5.91 Å². The second-order valence-corrected chi connectivity index (χ2v) is 6.03.